The number of rotatable bonds is 2. The lowest BCUT2D eigenvalue weighted by Crippen LogP contribution is -1.94. The first-order valence-electron chi connectivity index (χ1n) is 4.83. The van der Waals surface area contributed by atoms with Crippen LogP contribution >= 0.6 is 38.5 Å². The van der Waals surface area contributed by atoms with Crippen molar-refractivity contribution < 1.29 is 4.39 Å². The van der Waals surface area contributed by atoms with Crippen molar-refractivity contribution in [2.75, 3.05) is 11.1 Å². The zero-order chi connectivity index (χ0) is 12.4. The number of halogens is 3. The minimum atomic E-state index is -0.348. The third kappa shape index (κ3) is 3.32. The lowest BCUT2D eigenvalue weighted by molar-refractivity contribution is 0.629. The highest BCUT2D eigenvalue weighted by Gasteiger charge is 2.01. The first-order valence-corrected chi connectivity index (χ1v) is 6.70. The second kappa shape index (κ2) is 5.22. The van der Waals surface area contributed by atoms with Gasteiger partial charge in [-0.25, -0.2) is 4.39 Å². The lowest BCUT2D eigenvalue weighted by Gasteiger charge is -2.08. The van der Waals surface area contributed by atoms with E-state index in [2.05, 4.69) is 43.8 Å². The van der Waals surface area contributed by atoms with Crippen molar-refractivity contribution in [3.8, 4) is 0 Å². The van der Waals surface area contributed by atoms with Crippen LogP contribution in [0.5, 0.6) is 0 Å². The first-order chi connectivity index (χ1) is 8.04. The fourth-order valence-corrected chi connectivity index (χ4v) is 2.19. The van der Waals surface area contributed by atoms with E-state index in [0.717, 1.165) is 13.7 Å². The Balaban J connectivity index is 2.28. The highest BCUT2D eigenvalue weighted by molar-refractivity contribution is 14.1. The SMILES string of the molecule is Nc1cc(F)cc(Nc2ccc(Br)c(I)c2)c1. The molecule has 5 heteroatoms. The second-order valence-corrected chi connectivity index (χ2v) is 5.54. The molecule has 0 heterocycles. The Kier molecular flexibility index (Phi) is 3.88. The van der Waals surface area contributed by atoms with E-state index in [4.69, 9.17) is 5.73 Å². The maximum atomic E-state index is 13.1. The zero-order valence-corrected chi connectivity index (χ0v) is 12.4. The molecule has 0 aliphatic rings. The van der Waals surface area contributed by atoms with Gasteiger partial charge in [-0.15, -0.1) is 0 Å². The summed E-state index contributed by atoms with van der Waals surface area (Å²) < 4.78 is 15.3. The molecule has 0 saturated heterocycles. The Morgan fingerprint density at radius 1 is 1.12 bits per heavy atom. The van der Waals surface area contributed by atoms with Crippen LogP contribution in [0.4, 0.5) is 21.5 Å². The van der Waals surface area contributed by atoms with Gasteiger partial charge in [-0.3, -0.25) is 0 Å². The Labute approximate surface area is 121 Å². The third-order valence-electron chi connectivity index (χ3n) is 2.13. The van der Waals surface area contributed by atoms with Gasteiger partial charge < -0.3 is 11.1 Å². The summed E-state index contributed by atoms with van der Waals surface area (Å²) in [5.74, 6) is -0.348. The zero-order valence-electron chi connectivity index (χ0n) is 8.68. The van der Waals surface area contributed by atoms with Gasteiger partial charge in [0.1, 0.15) is 5.82 Å². The van der Waals surface area contributed by atoms with Gasteiger partial charge in [0.2, 0.25) is 0 Å². The monoisotopic (exact) mass is 406 g/mol. The van der Waals surface area contributed by atoms with Crippen LogP contribution in [-0.4, -0.2) is 0 Å². The van der Waals surface area contributed by atoms with Gasteiger partial charge >= 0.3 is 0 Å². The van der Waals surface area contributed by atoms with Crippen LogP contribution in [0, 0.1) is 9.39 Å². The van der Waals surface area contributed by atoms with Crippen molar-refractivity contribution in [3.05, 3.63) is 50.3 Å². The van der Waals surface area contributed by atoms with E-state index >= 15 is 0 Å². The number of benzene rings is 2. The molecule has 0 aromatic heterocycles. The van der Waals surface area contributed by atoms with Crippen molar-refractivity contribution in [3.63, 3.8) is 0 Å². The van der Waals surface area contributed by atoms with Gasteiger partial charge in [-0.2, -0.15) is 0 Å². The number of hydrogen-bond acceptors (Lipinski definition) is 2. The molecule has 17 heavy (non-hydrogen) atoms. The molecule has 2 aromatic carbocycles. The standard InChI is InChI=1S/C12H9BrFIN2/c13-11-2-1-9(6-12(11)15)17-10-4-7(14)3-8(16)5-10/h1-6,17H,16H2. The minimum Gasteiger partial charge on any atom is -0.399 e. The van der Waals surface area contributed by atoms with Gasteiger partial charge in [0.15, 0.2) is 0 Å². The summed E-state index contributed by atoms with van der Waals surface area (Å²) in [6, 6.07) is 10.2. The second-order valence-electron chi connectivity index (χ2n) is 3.53. The molecule has 0 radical (unpaired) electrons. The summed E-state index contributed by atoms with van der Waals surface area (Å²) >= 11 is 5.64. The summed E-state index contributed by atoms with van der Waals surface area (Å²) in [6.07, 6.45) is 0. The van der Waals surface area contributed by atoms with Gasteiger partial charge in [-0.1, -0.05) is 0 Å². The van der Waals surface area contributed by atoms with Crippen molar-refractivity contribution in [2.24, 2.45) is 0 Å². The van der Waals surface area contributed by atoms with Crippen LogP contribution in [0.2, 0.25) is 0 Å². The number of nitrogens with one attached hydrogen (secondary N) is 1. The molecular formula is C12H9BrFIN2. The van der Waals surface area contributed by atoms with E-state index in [1.165, 1.54) is 12.1 Å². The van der Waals surface area contributed by atoms with Gasteiger partial charge in [0.05, 0.1) is 0 Å². The van der Waals surface area contributed by atoms with Gasteiger partial charge in [-0.05, 0) is 74.9 Å². The average Bonchev–Trinajstić information content (AvgIpc) is 2.22. The molecule has 88 valence electrons. The van der Waals surface area contributed by atoms with Crippen molar-refractivity contribution >= 4 is 55.6 Å². The van der Waals surface area contributed by atoms with Crippen LogP contribution in [0.25, 0.3) is 0 Å². The van der Waals surface area contributed by atoms with Gasteiger partial charge in [0.25, 0.3) is 0 Å². The van der Waals surface area contributed by atoms with E-state index < -0.39 is 0 Å². The summed E-state index contributed by atoms with van der Waals surface area (Å²) in [6.45, 7) is 0. The van der Waals surface area contributed by atoms with Gasteiger partial charge in [0, 0.05) is 25.1 Å². The highest BCUT2D eigenvalue weighted by atomic mass is 127. The maximum absolute atomic E-state index is 13.1. The normalized spacial score (nSPS) is 10.3. The smallest absolute Gasteiger partial charge is 0.127 e. The summed E-state index contributed by atoms with van der Waals surface area (Å²) in [5.41, 5.74) is 7.51. The molecule has 0 amide bonds. The molecule has 3 N–H and O–H groups in total. The molecule has 0 saturated carbocycles. The molecule has 0 unspecified atom stereocenters. The highest BCUT2D eigenvalue weighted by Crippen LogP contribution is 2.26. The van der Waals surface area contributed by atoms with Crippen LogP contribution in [-0.2, 0) is 0 Å². The molecule has 2 nitrogen and oxygen atoms in total. The van der Waals surface area contributed by atoms with E-state index in [1.54, 1.807) is 6.07 Å². The summed E-state index contributed by atoms with van der Waals surface area (Å²) in [4.78, 5) is 0. The maximum Gasteiger partial charge on any atom is 0.127 e. The lowest BCUT2D eigenvalue weighted by atomic mass is 10.2. The predicted molar refractivity (Wildman–Crippen MR) is 81.0 cm³/mol. The molecule has 0 aliphatic heterocycles. The van der Waals surface area contributed by atoms with E-state index in [1.807, 2.05) is 18.2 Å². The Hall–Kier alpha value is -0.820. The Morgan fingerprint density at radius 3 is 2.53 bits per heavy atom. The fraction of sp³-hybridized carbons (Fsp3) is 0. The Bertz CT molecular complexity index is 540. The average molecular weight is 407 g/mol. The Morgan fingerprint density at radius 2 is 1.88 bits per heavy atom. The van der Waals surface area contributed by atoms with Crippen molar-refractivity contribution in [1.82, 2.24) is 0 Å². The number of hydrogen-bond donors (Lipinski definition) is 2. The number of nitrogens with two attached hydrogens (primary N) is 1. The molecule has 0 spiro atoms. The van der Waals surface area contributed by atoms with E-state index in [0.29, 0.717) is 11.4 Å². The van der Waals surface area contributed by atoms with Crippen molar-refractivity contribution in [2.45, 2.75) is 0 Å². The molecule has 0 fully saturated rings. The largest absolute Gasteiger partial charge is 0.399 e. The van der Waals surface area contributed by atoms with E-state index in [-0.39, 0.29) is 5.82 Å². The van der Waals surface area contributed by atoms with Crippen LogP contribution in [0.3, 0.4) is 0 Å². The number of anilines is 3. The predicted octanol–water partition coefficient (Wildman–Crippen LogP) is 4.52. The molecule has 0 atom stereocenters. The van der Waals surface area contributed by atoms with Crippen LogP contribution in [0.1, 0.15) is 0 Å². The fourth-order valence-electron chi connectivity index (χ4n) is 1.43. The van der Waals surface area contributed by atoms with E-state index in [9.17, 15) is 4.39 Å². The quantitative estimate of drug-likeness (QED) is 0.568. The number of nitrogen functional groups attached to an aromatic ring is 1. The third-order valence-corrected chi connectivity index (χ3v) is 4.45. The summed E-state index contributed by atoms with van der Waals surface area (Å²) in [5, 5.41) is 3.11. The molecule has 2 rings (SSSR count). The molecule has 2 aromatic rings. The minimum absolute atomic E-state index is 0.348. The molecule has 0 aliphatic carbocycles. The summed E-state index contributed by atoms with van der Waals surface area (Å²) in [7, 11) is 0. The molecule has 0 bridgehead atoms. The molecular weight excluding hydrogens is 398 g/mol. The van der Waals surface area contributed by atoms with Crippen molar-refractivity contribution in [1.29, 1.82) is 0 Å². The topological polar surface area (TPSA) is 38.0 Å². The first kappa shape index (κ1) is 12.6. The van der Waals surface area contributed by atoms with Crippen LogP contribution < -0.4 is 11.1 Å². The van der Waals surface area contributed by atoms with Crippen LogP contribution in [0.15, 0.2) is 40.9 Å².